The van der Waals surface area contributed by atoms with Crippen LogP contribution in [0.25, 0.3) is 0 Å². The lowest BCUT2D eigenvalue weighted by Gasteiger charge is -2.21. The summed E-state index contributed by atoms with van der Waals surface area (Å²) in [5, 5.41) is 3.03. The van der Waals surface area contributed by atoms with Crippen LogP contribution in [0.1, 0.15) is 19.5 Å². The number of rotatable bonds is 5. The largest absolute Gasteiger partial charge is 0.373 e. The van der Waals surface area contributed by atoms with Crippen molar-refractivity contribution in [2.75, 3.05) is 36.6 Å². The van der Waals surface area contributed by atoms with Crippen LogP contribution in [0.5, 0.6) is 0 Å². The topological polar surface area (TPSA) is 87.2 Å². The maximum absolute atomic E-state index is 11.6. The first-order valence-corrected chi connectivity index (χ1v) is 9.34. The molecule has 0 amide bonds. The molecule has 2 rings (SSSR count). The highest BCUT2D eigenvalue weighted by atomic mass is 32.2. The van der Waals surface area contributed by atoms with E-state index in [2.05, 4.69) is 38.8 Å². The van der Waals surface area contributed by atoms with E-state index in [0.29, 0.717) is 18.4 Å². The van der Waals surface area contributed by atoms with E-state index in [4.69, 9.17) is 0 Å². The minimum atomic E-state index is -3.23. The maximum Gasteiger partial charge on any atom is 0.227 e. The zero-order valence-corrected chi connectivity index (χ0v) is 14.6. The molecule has 0 aromatic carbocycles. The average molecular weight is 327 g/mol. The molecule has 7 nitrogen and oxygen atoms in total. The van der Waals surface area contributed by atoms with E-state index >= 15 is 0 Å². The highest BCUT2D eigenvalue weighted by Gasteiger charge is 2.37. The molecule has 1 aliphatic heterocycles. The van der Waals surface area contributed by atoms with E-state index < -0.39 is 10.0 Å². The molecule has 2 atom stereocenters. The number of nitrogens with zero attached hydrogens (tertiary/aromatic N) is 3. The lowest BCUT2D eigenvalue weighted by atomic mass is 9.92. The fourth-order valence-electron chi connectivity index (χ4n) is 2.89. The number of sulfonamides is 1. The van der Waals surface area contributed by atoms with Crippen LogP contribution >= 0.6 is 0 Å². The van der Waals surface area contributed by atoms with Crippen LogP contribution in [-0.2, 0) is 10.0 Å². The number of hydrogen-bond donors (Lipinski definition) is 2. The van der Waals surface area contributed by atoms with Crippen LogP contribution in [-0.4, -0.2) is 50.8 Å². The summed E-state index contributed by atoms with van der Waals surface area (Å²) in [6, 6.07) is 1.77. The number of anilines is 2. The Hall–Kier alpha value is -1.41. The molecule has 0 unspecified atom stereocenters. The molecule has 2 heterocycles. The third-order valence-corrected chi connectivity index (χ3v) is 4.70. The second kappa shape index (κ2) is 6.37. The molecule has 1 aliphatic rings. The van der Waals surface area contributed by atoms with Gasteiger partial charge in [-0.1, -0.05) is 13.8 Å². The molecule has 2 N–H and O–H groups in total. The molecule has 0 aliphatic carbocycles. The van der Waals surface area contributed by atoms with E-state index in [9.17, 15) is 8.42 Å². The molecule has 0 bridgehead atoms. The summed E-state index contributed by atoms with van der Waals surface area (Å²) < 4.78 is 25.9. The first kappa shape index (κ1) is 17.0. The first-order valence-electron chi connectivity index (χ1n) is 7.45. The van der Waals surface area contributed by atoms with Crippen LogP contribution in [0.15, 0.2) is 6.07 Å². The van der Waals surface area contributed by atoms with E-state index in [0.717, 1.165) is 18.1 Å². The van der Waals surface area contributed by atoms with E-state index in [-0.39, 0.29) is 12.0 Å². The lowest BCUT2D eigenvalue weighted by Crippen LogP contribution is -2.41. The quantitative estimate of drug-likeness (QED) is 0.833. The monoisotopic (exact) mass is 327 g/mol. The van der Waals surface area contributed by atoms with Crippen molar-refractivity contribution in [1.29, 1.82) is 0 Å². The van der Waals surface area contributed by atoms with Crippen LogP contribution in [0.3, 0.4) is 0 Å². The Labute approximate surface area is 132 Å². The Balaban J connectivity index is 2.25. The van der Waals surface area contributed by atoms with Crippen LogP contribution in [0.4, 0.5) is 11.8 Å². The molecule has 0 radical (unpaired) electrons. The van der Waals surface area contributed by atoms with Gasteiger partial charge in [-0.05, 0) is 18.8 Å². The molecule has 0 spiro atoms. The summed E-state index contributed by atoms with van der Waals surface area (Å²) in [5.74, 6) is 2.02. The molecule has 1 aromatic rings. The van der Waals surface area contributed by atoms with Gasteiger partial charge in [-0.15, -0.1) is 0 Å². The smallest absolute Gasteiger partial charge is 0.227 e. The Kier molecular flexibility index (Phi) is 4.91. The van der Waals surface area contributed by atoms with Crippen LogP contribution in [0.2, 0.25) is 0 Å². The molecule has 0 saturated carbocycles. The van der Waals surface area contributed by atoms with Crippen molar-refractivity contribution >= 4 is 21.8 Å². The highest BCUT2D eigenvalue weighted by Crippen LogP contribution is 2.28. The lowest BCUT2D eigenvalue weighted by molar-refractivity contribution is 0.364. The molecular formula is C14H25N5O2S. The van der Waals surface area contributed by atoms with Gasteiger partial charge in [0, 0.05) is 37.9 Å². The third-order valence-electron chi connectivity index (χ3n) is 3.97. The van der Waals surface area contributed by atoms with Gasteiger partial charge in [0.25, 0.3) is 0 Å². The first-order chi connectivity index (χ1) is 10.2. The second-order valence-corrected chi connectivity index (χ2v) is 8.03. The summed E-state index contributed by atoms with van der Waals surface area (Å²) in [5.41, 5.74) is 0.884. The Morgan fingerprint density at radius 3 is 2.55 bits per heavy atom. The number of hydrogen-bond acceptors (Lipinski definition) is 6. The summed E-state index contributed by atoms with van der Waals surface area (Å²) in [7, 11) is -1.41. The van der Waals surface area contributed by atoms with Gasteiger partial charge in [-0.3, -0.25) is 0 Å². The van der Waals surface area contributed by atoms with Crippen molar-refractivity contribution in [1.82, 2.24) is 14.7 Å². The zero-order chi connectivity index (χ0) is 16.5. The van der Waals surface area contributed by atoms with Gasteiger partial charge < -0.3 is 10.2 Å². The van der Waals surface area contributed by atoms with Gasteiger partial charge in [0.05, 0.1) is 6.26 Å². The van der Waals surface area contributed by atoms with Gasteiger partial charge in [0.1, 0.15) is 5.82 Å². The van der Waals surface area contributed by atoms with Crippen molar-refractivity contribution < 1.29 is 8.42 Å². The zero-order valence-electron chi connectivity index (χ0n) is 13.8. The van der Waals surface area contributed by atoms with Crippen molar-refractivity contribution in [2.45, 2.75) is 26.8 Å². The van der Waals surface area contributed by atoms with Crippen molar-refractivity contribution in [2.24, 2.45) is 11.8 Å². The molecule has 1 saturated heterocycles. The number of aryl methyl sites for hydroxylation is 1. The Morgan fingerprint density at radius 2 is 2.00 bits per heavy atom. The van der Waals surface area contributed by atoms with Crippen molar-refractivity contribution in [3.63, 3.8) is 0 Å². The third kappa shape index (κ3) is 4.07. The minimum absolute atomic E-state index is 0.114. The van der Waals surface area contributed by atoms with Gasteiger partial charge in [-0.2, -0.15) is 4.98 Å². The van der Waals surface area contributed by atoms with Gasteiger partial charge in [0.15, 0.2) is 0 Å². The maximum atomic E-state index is 11.6. The van der Waals surface area contributed by atoms with Gasteiger partial charge in [-0.25, -0.2) is 18.1 Å². The van der Waals surface area contributed by atoms with Crippen molar-refractivity contribution in [3.05, 3.63) is 11.8 Å². The molecular weight excluding hydrogens is 302 g/mol. The normalized spacial score (nSPS) is 22.4. The Morgan fingerprint density at radius 1 is 1.32 bits per heavy atom. The highest BCUT2D eigenvalue weighted by molar-refractivity contribution is 7.88. The summed E-state index contributed by atoms with van der Waals surface area (Å²) >= 11 is 0. The minimum Gasteiger partial charge on any atom is -0.373 e. The fourth-order valence-corrected chi connectivity index (χ4v) is 3.69. The standard InChI is InChI=1S/C14H25N5O2S/c1-9(2)11-7-19(8-12(11)18-22(5,20)21)14-16-10(3)6-13(15-4)17-14/h6,9,11-12,18H,7-8H2,1-5H3,(H,15,16,17)/t11-,12+/m0/s1. The van der Waals surface area contributed by atoms with E-state index in [1.54, 1.807) is 0 Å². The summed E-state index contributed by atoms with van der Waals surface area (Å²) in [4.78, 5) is 11.0. The Bertz CT molecular complexity index is 632. The number of nitrogens with one attached hydrogen (secondary N) is 2. The molecule has 8 heteroatoms. The van der Waals surface area contributed by atoms with E-state index in [1.165, 1.54) is 6.26 Å². The van der Waals surface area contributed by atoms with Crippen LogP contribution < -0.4 is 14.9 Å². The molecule has 22 heavy (non-hydrogen) atoms. The average Bonchev–Trinajstić information content (AvgIpc) is 2.79. The summed E-state index contributed by atoms with van der Waals surface area (Å²) in [6.45, 7) is 7.48. The van der Waals surface area contributed by atoms with E-state index in [1.807, 2.05) is 20.0 Å². The van der Waals surface area contributed by atoms with Crippen LogP contribution in [0, 0.1) is 18.8 Å². The van der Waals surface area contributed by atoms with Gasteiger partial charge >= 0.3 is 0 Å². The van der Waals surface area contributed by atoms with Crippen molar-refractivity contribution in [3.8, 4) is 0 Å². The predicted molar refractivity (Wildman–Crippen MR) is 88.6 cm³/mol. The SMILES string of the molecule is CNc1cc(C)nc(N2C[C@@H](NS(C)(=O)=O)[C@H](C(C)C)C2)n1. The molecule has 1 fully saturated rings. The molecule has 124 valence electrons. The second-order valence-electron chi connectivity index (χ2n) is 6.25. The predicted octanol–water partition coefficient (Wildman–Crippen LogP) is 0.837. The fraction of sp³-hybridized carbons (Fsp3) is 0.714. The summed E-state index contributed by atoms with van der Waals surface area (Å²) in [6.07, 6.45) is 1.20. The number of aromatic nitrogens is 2. The molecule has 1 aromatic heterocycles. The van der Waals surface area contributed by atoms with Gasteiger partial charge in [0.2, 0.25) is 16.0 Å².